The van der Waals surface area contributed by atoms with Gasteiger partial charge in [0.25, 0.3) is 0 Å². The highest BCUT2D eigenvalue weighted by molar-refractivity contribution is 5.44. The van der Waals surface area contributed by atoms with Crippen molar-refractivity contribution in [3.63, 3.8) is 0 Å². The number of benzene rings is 2. The van der Waals surface area contributed by atoms with E-state index in [1.54, 1.807) is 18.2 Å². The molecule has 0 saturated heterocycles. The Hall–Kier alpha value is -1.96. The van der Waals surface area contributed by atoms with Gasteiger partial charge in [-0.3, -0.25) is 0 Å². The second kappa shape index (κ2) is 6.47. The third-order valence-corrected chi connectivity index (χ3v) is 3.51. The molecule has 2 nitrogen and oxygen atoms in total. The molecule has 0 unspecified atom stereocenters. The van der Waals surface area contributed by atoms with E-state index in [4.69, 9.17) is 0 Å². The van der Waals surface area contributed by atoms with Gasteiger partial charge < -0.3 is 10.2 Å². The minimum atomic E-state index is -0.161. The predicted octanol–water partition coefficient (Wildman–Crippen LogP) is 4.76. The first-order chi connectivity index (χ1) is 9.41. The first-order valence-electron chi connectivity index (χ1n) is 7.01. The lowest BCUT2D eigenvalue weighted by Gasteiger charge is -2.26. The van der Waals surface area contributed by atoms with Gasteiger partial charge in [-0.2, -0.15) is 0 Å². The molecule has 2 rings (SSSR count). The van der Waals surface area contributed by atoms with Crippen LogP contribution in [0, 0.1) is 6.92 Å². The summed E-state index contributed by atoms with van der Waals surface area (Å²) in [5.41, 5.74) is 2.99. The van der Waals surface area contributed by atoms with Gasteiger partial charge in [-0.05, 0) is 41.8 Å². The fourth-order valence-electron chi connectivity index (χ4n) is 2.09. The van der Waals surface area contributed by atoms with Gasteiger partial charge in [0, 0.05) is 5.41 Å². The normalized spacial score (nSPS) is 10.7. The summed E-state index contributed by atoms with van der Waals surface area (Å²) in [6.45, 7) is 10.2. The van der Waals surface area contributed by atoms with Crippen molar-refractivity contribution in [3.8, 4) is 11.5 Å². The lowest BCUT2D eigenvalue weighted by molar-refractivity contribution is 0.470. The number of aromatic hydroxyl groups is 2. The summed E-state index contributed by atoms with van der Waals surface area (Å²) in [5, 5.41) is 18.9. The highest BCUT2D eigenvalue weighted by atomic mass is 16.3. The average Bonchev–Trinajstić information content (AvgIpc) is 2.44. The quantitative estimate of drug-likeness (QED) is 0.827. The molecule has 0 aromatic heterocycles. The standard InChI is InChI=1S/C16H18O2.C2H6/c1-11-10-13(6-9-15(11)18)16(2,3)12-4-7-14(17)8-5-12;1-2/h4-10,17-18H,1-3H3;1-2H3. The van der Waals surface area contributed by atoms with Gasteiger partial charge in [0.15, 0.2) is 0 Å². The number of hydrogen-bond acceptors (Lipinski definition) is 2. The van der Waals surface area contributed by atoms with Crippen molar-refractivity contribution in [2.24, 2.45) is 0 Å². The largest absolute Gasteiger partial charge is 0.508 e. The summed E-state index contributed by atoms with van der Waals surface area (Å²) in [5.74, 6) is 0.594. The fraction of sp³-hybridized carbons (Fsp3) is 0.333. The predicted molar refractivity (Wildman–Crippen MR) is 84.4 cm³/mol. The van der Waals surface area contributed by atoms with Crippen LogP contribution in [0.15, 0.2) is 42.5 Å². The molecule has 2 aromatic rings. The van der Waals surface area contributed by atoms with E-state index < -0.39 is 0 Å². The molecular weight excluding hydrogens is 248 g/mol. The van der Waals surface area contributed by atoms with E-state index in [0.29, 0.717) is 5.75 Å². The molecule has 0 saturated carbocycles. The summed E-state index contributed by atoms with van der Waals surface area (Å²) in [6.07, 6.45) is 0. The zero-order chi connectivity index (χ0) is 15.3. The molecule has 0 radical (unpaired) electrons. The SMILES string of the molecule is CC.Cc1cc(C(C)(C)c2ccc(O)cc2)ccc1O. The van der Waals surface area contributed by atoms with Crippen LogP contribution in [0.4, 0.5) is 0 Å². The molecule has 2 aromatic carbocycles. The van der Waals surface area contributed by atoms with Gasteiger partial charge in [-0.1, -0.05) is 52.0 Å². The molecule has 2 heteroatoms. The van der Waals surface area contributed by atoms with E-state index in [9.17, 15) is 10.2 Å². The second-order valence-electron chi connectivity index (χ2n) is 5.17. The number of phenols is 2. The molecule has 0 heterocycles. The number of rotatable bonds is 2. The highest BCUT2D eigenvalue weighted by Gasteiger charge is 2.23. The summed E-state index contributed by atoms with van der Waals surface area (Å²) in [7, 11) is 0. The van der Waals surface area contributed by atoms with Crippen LogP contribution in [0.5, 0.6) is 11.5 Å². The van der Waals surface area contributed by atoms with E-state index >= 15 is 0 Å². The van der Waals surface area contributed by atoms with E-state index in [0.717, 1.165) is 16.7 Å². The third kappa shape index (κ3) is 3.32. The molecule has 0 fully saturated rings. The maximum Gasteiger partial charge on any atom is 0.118 e. The Morgan fingerprint density at radius 2 is 1.30 bits per heavy atom. The number of aryl methyl sites for hydroxylation is 1. The van der Waals surface area contributed by atoms with Gasteiger partial charge in [0.1, 0.15) is 11.5 Å². The van der Waals surface area contributed by atoms with Crippen molar-refractivity contribution in [3.05, 3.63) is 59.2 Å². The molecule has 2 N–H and O–H groups in total. The Labute approximate surface area is 121 Å². The van der Waals surface area contributed by atoms with Crippen molar-refractivity contribution < 1.29 is 10.2 Å². The molecule has 108 valence electrons. The molecule has 0 atom stereocenters. The van der Waals surface area contributed by atoms with Crippen LogP contribution in [0.1, 0.15) is 44.4 Å². The lowest BCUT2D eigenvalue weighted by Crippen LogP contribution is -2.18. The molecule has 0 amide bonds. The summed E-state index contributed by atoms with van der Waals surface area (Å²) in [6, 6.07) is 12.9. The molecule has 0 aliphatic rings. The van der Waals surface area contributed by atoms with Gasteiger partial charge in [-0.25, -0.2) is 0 Å². The zero-order valence-electron chi connectivity index (χ0n) is 12.9. The maximum absolute atomic E-state index is 9.58. The summed E-state index contributed by atoms with van der Waals surface area (Å²) < 4.78 is 0. The van der Waals surface area contributed by atoms with Crippen LogP contribution in [0.3, 0.4) is 0 Å². The molecule has 0 aliphatic heterocycles. The maximum atomic E-state index is 9.58. The topological polar surface area (TPSA) is 40.5 Å². The van der Waals surface area contributed by atoms with Crippen LogP contribution < -0.4 is 0 Å². The van der Waals surface area contributed by atoms with E-state index in [2.05, 4.69) is 13.8 Å². The van der Waals surface area contributed by atoms with Crippen LogP contribution >= 0.6 is 0 Å². The molecule has 0 aliphatic carbocycles. The first-order valence-corrected chi connectivity index (χ1v) is 7.01. The Balaban J connectivity index is 0.000000956. The third-order valence-electron chi connectivity index (χ3n) is 3.51. The highest BCUT2D eigenvalue weighted by Crippen LogP contribution is 2.34. The van der Waals surface area contributed by atoms with Crippen molar-refractivity contribution in [2.45, 2.75) is 40.0 Å². The smallest absolute Gasteiger partial charge is 0.118 e. The first kappa shape index (κ1) is 16.1. The Kier molecular flexibility index (Phi) is 5.20. The minimum Gasteiger partial charge on any atom is -0.508 e. The van der Waals surface area contributed by atoms with E-state index in [-0.39, 0.29) is 11.2 Å². The van der Waals surface area contributed by atoms with E-state index in [1.807, 2.05) is 45.0 Å². The monoisotopic (exact) mass is 272 g/mol. The van der Waals surface area contributed by atoms with Crippen LogP contribution in [0.25, 0.3) is 0 Å². The van der Waals surface area contributed by atoms with Crippen molar-refractivity contribution in [2.75, 3.05) is 0 Å². The van der Waals surface area contributed by atoms with Gasteiger partial charge in [0.05, 0.1) is 0 Å². The van der Waals surface area contributed by atoms with Crippen LogP contribution in [-0.2, 0) is 5.41 Å². The van der Waals surface area contributed by atoms with Crippen LogP contribution in [0.2, 0.25) is 0 Å². The molecule has 0 bridgehead atoms. The van der Waals surface area contributed by atoms with Gasteiger partial charge >= 0.3 is 0 Å². The molecule has 20 heavy (non-hydrogen) atoms. The van der Waals surface area contributed by atoms with Crippen LogP contribution in [-0.4, -0.2) is 10.2 Å². The minimum absolute atomic E-state index is 0.161. The summed E-state index contributed by atoms with van der Waals surface area (Å²) in [4.78, 5) is 0. The fourth-order valence-corrected chi connectivity index (χ4v) is 2.09. The second-order valence-corrected chi connectivity index (χ2v) is 5.17. The Morgan fingerprint density at radius 3 is 1.80 bits per heavy atom. The molecular formula is C18H24O2. The Bertz CT molecular complexity index is 554. The molecule has 0 spiro atoms. The van der Waals surface area contributed by atoms with Crippen molar-refractivity contribution in [1.82, 2.24) is 0 Å². The Morgan fingerprint density at radius 1 is 0.800 bits per heavy atom. The number of hydrogen-bond donors (Lipinski definition) is 2. The van der Waals surface area contributed by atoms with Crippen molar-refractivity contribution >= 4 is 0 Å². The average molecular weight is 272 g/mol. The summed E-state index contributed by atoms with van der Waals surface area (Å²) >= 11 is 0. The number of phenolic OH excluding ortho intramolecular Hbond substituents is 2. The van der Waals surface area contributed by atoms with E-state index in [1.165, 1.54) is 0 Å². The van der Waals surface area contributed by atoms with Gasteiger partial charge in [0.2, 0.25) is 0 Å². The lowest BCUT2D eigenvalue weighted by atomic mass is 9.77. The van der Waals surface area contributed by atoms with Crippen molar-refractivity contribution in [1.29, 1.82) is 0 Å². The van der Waals surface area contributed by atoms with Gasteiger partial charge in [-0.15, -0.1) is 0 Å². The zero-order valence-corrected chi connectivity index (χ0v) is 12.9.